The van der Waals surface area contributed by atoms with Crippen molar-refractivity contribution < 1.29 is 29.0 Å². The number of amides is 1. The number of oxime groups is 1. The number of benzene rings is 4. The first-order chi connectivity index (χ1) is 20.5. The van der Waals surface area contributed by atoms with Gasteiger partial charge in [-0.2, -0.15) is 0 Å². The van der Waals surface area contributed by atoms with Gasteiger partial charge in [0.2, 0.25) is 0 Å². The molecule has 8 nitrogen and oxygen atoms in total. The van der Waals surface area contributed by atoms with Crippen molar-refractivity contribution in [1.29, 1.82) is 0 Å². The van der Waals surface area contributed by atoms with Crippen LogP contribution in [-0.2, 0) is 20.9 Å². The van der Waals surface area contributed by atoms with Crippen molar-refractivity contribution >= 4 is 23.3 Å². The van der Waals surface area contributed by atoms with Crippen molar-refractivity contribution in [2.75, 3.05) is 18.6 Å². The highest BCUT2D eigenvalue weighted by molar-refractivity contribution is 6.23. The SMILES string of the molecule is CCOC(=O)c1ccc(N2C(=O)C(OCc3ccccc3)=C(C(=NO)c3ccc(OC)cc3)C2c2ccccc2)cc1. The van der Waals surface area contributed by atoms with E-state index >= 15 is 0 Å². The number of esters is 1. The smallest absolute Gasteiger partial charge is 0.338 e. The van der Waals surface area contributed by atoms with Gasteiger partial charge in [0.05, 0.1) is 30.9 Å². The van der Waals surface area contributed by atoms with Gasteiger partial charge in [0.25, 0.3) is 5.91 Å². The van der Waals surface area contributed by atoms with Crippen molar-refractivity contribution in [3.05, 3.63) is 143 Å². The molecule has 42 heavy (non-hydrogen) atoms. The Balaban J connectivity index is 1.65. The van der Waals surface area contributed by atoms with Crippen molar-refractivity contribution in [2.24, 2.45) is 5.16 Å². The summed E-state index contributed by atoms with van der Waals surface area (Å²) in [7, 11) is 1.57. The van der Waals surface area contributed by atoms with Gasteiger partial charge in [0.15, 0.2) is 5.76 Å². The standard InChI is InChI=1S/C34H30N2O6/c1-3-41-34(38)26-14-18-27(19-15-26)36-31(25-12-8-5-9-13-25)29(30(35-39)24-16-20-28(40-2)21-17-24)32(33(36)37)42-22-23-10-6-4-7-11-23/h4-21,31,39H,3,22H2,1-2H3. The molecule has 1 heterocycles. The molecule has 0 spiro atoms. The lowest BCUT2D eigenvalue weighted by molar-refractivity contribution is -0.118. The Kier molecular flexibility index (Phi) is 8.63. The second-order valence-electron chi connectivity index (χ2n) is 9.45. The summed E-state index contributed by atoms with van der Waals surface area (Å²) in [4.78, 5) is 28.2. The van der Waals surface area contributed by atoms with Crippen LogP contribution in [0.1, 0.15) is 40.0 Å². The number of anilines is 1. The molecular weight excluding hydrogens is 532 g/mol. The fraction of sp³-hybridized carbons (Fsp3) is 0.147. The van der Waals surface area contributed by atoms with E-state index in [0.717, 1.165) is 11.1 Å². The minimum absolute atomic E-state index is 0.0609. The van der Waals surface area contributed by atoms with Gasteiger partial charge in [-0.15, -0.1) is 0 Å². The number of hydrogen-bond acceptors (Lipinski definition) is 7. The topological polar surface area (TPSA) is 97.7 Å². The molecule has 1 N–H and O–H groups in total. The summed E-state index contributed by atoms with van der Waals surface area (Å²) in [5.41, 5.74) is 3.72. The Bertz CT molecular complexity index is 1600. The molecule has 4 aromatic rings. The van der Waals surface area contributed by atoms with E-state index in [1.807, 2.05) is 60.7 Å². The zero-order valence-electron chi connectivity index (χ0n) is 23.3. The molecule has 0 aliphatic carbocycles. The number of carbonyl (C=O) groups excluding carboxylic acids is 2. The van der Waals surface area contributed by atoms with E-state index in [1.54, 1.807) is 67.5 Å². The summed E-state index contributed by atoms with van der Waals surface area (Å²) in [6.07, 6.45) is 0. The third kappa shape index (κ3) is 5.74. The molecule has 0 bridgehead atoms. The van der Waals surface area contributed by atoms with E-state index in [4.69, 9.17) is 14.2 Å². The number of rotatable bonds is 10. The Morgan fingerprint density at radius 3 is 2.07 bits per heavy atom. The molecule has 1 aliphatic heterocycles. The van der Waals surface area contributed by atoms with Gasteiger partial charge in [0.1, 0.15) is 18.1 Å². The third-order valence-corrected chi connectivity index (χ3v) is 6.91. The summed E-state index contributed by atoms with van der Waals surface area (Å²) in [6.45, 7) is 2.13. The molecule has 5 rings (SSSR count). The van der Waals surface area contributed by atoms with Gasteiger partial charge < -0.3 is 19.4 Å². The van der Waals surface area contributed by atoms with Gasteiger partial charge in [-0.1, -0.05) is 65.8 Å². The second kappa shape index (κ2) is 12.9. The summed E-state index contributed by atoms with van der Waals surface area (Å²) in [6, 6.07) is 31.9. The van der Waals surface area contributed by atoms with Gasteiger partial charge in [0, 0.05) is 11.3 Å². The maximum Gasteiger partial charge on any atom is 0.338 e. The molecular formula is C34H30N2O6. The summed E-state index contributed by atoms with van der Waals surface area (Å²) >= 11 is 0. The number of ether oxygens (including phenoxy) is 3. The van der Waals surface area contributed by atoms with E-state index in [9.17, 15) is 14.8 Å². The zero-order valence-corrected chi connectivity index (χ0v) is 23.3. The monoisotopic (exact) mass is 562 g/mol. The van der Waals surface area contributed by atoms with E-state index in [2.05, 4.69) is 5.16 Å². The van der Waals surface area contributed by atoms with Crippen LogP contribution in [0.4, 0.5) is 5.69 Å². The van der Waals surface area contributed by atoms with E-state index in [0.29, 0.717) is 28.1 Å². The van der Waals surface area contributed by atoms with Crippen LogP contribution >= 0.6 is 0 Å². The van der Waals surface area contributed by atoms with Crippen LogP contribution in [0, 0.1) is 0 Å². The summed E-state index contributed by atoms with van der Waals surface area (Å²) in [5.74, 6) is -0.161. The summed E-state index contributed by atoms with van der Waals surface area (Å²) in [5, 5.41) is 14.1. The molecule has 8 heteroatoms. The van der Waals surface area contributed by atoms with Crippen molar-refractivity contribution in [3.8, 4) is 5.75 Å². The molecule has 0 saturated heterocycles. The molecule has 0 aromatic heterocycles. The third-order valence-electron chi connectivity index (χ3n) is 6.91. The predicted molar refractivity (Wildman–Crippen MR) is 159 cm³/mol. The average Bonchev–Trinajstić information content (AvgIpc) is 3.33. The van der Waals surface area contributed by atoms with Crippen LogP contribution in [0.15, 0.2) is 126 Å². The molecule has 4 aromatic carbocycles. The Hall–Kier alpha value is -5.37. The largest absolute Gasteiger partial charge is 0.497 e. The first kappa shape index (κ1) is 28.2. The van der Waals surface area contributed by atoms with Crippen LogP contribution < -0.4 is 9.64 Å². The Labute approximate surface area is 244 Å². The van der Waals surface area contributed by atoms with Gasteiger partial charge in [-0.3, -0.25) is 9.69 Å². The average molecular weight is 563 g/mol. The van der Waals surface area contributed by atoms with Crippen LogP contribution in [0.3, 0.4) is 0 Å². The highest BCUT2D eigenvalue weighted by Crippen LogP contribution is 2.43. The van der Waals surface area contributed by atoms with Crippen molar-refractivity contribution in [3.63, 3.8) is 0 Å². The predicted octanol–water partition coefficient (Wildman–Crippen LogP) is 6.31. The number of hydrogen-bond donors (Lipinski definition) is 1. The van der Waals surface area contributed by atoms with Crippen LogP contribution in [-0.4, -0.2) is 36.5 Å². The fourth-order valence-corrected chi connectivity index (χ4v) is 4.91. The number of nitrogens with zero attached hydrogens (tertiary/aromatic N) is 2. The highest BCUT2D eigenvalue weighted by atomic mass is 16.5. The van der Waals surface area contributed by atoms with E-state index < -0.39 is 17.9 Å². The van der Waals surface area contributed by atoms with Crippen molar-refractivity contribution in [1.82, 2.24) is 0 Å². The van der Waals surface area contributed by atoms with E-state index in [1.165, 1.54) is 0 Å². The molecule has 0 radical (unpaired) electrons. The lowest BCUT2D eigenvalue weighted by Crippen LogP contribution is -2.31. The number of methoxy groups -OCH3 is 1. The highest BCUT2D eigenvalue weighted by Gasteiger charge is 2.45. The van der Waals surface area contributed by atoms with Crippen LogP contribution in [0.2, 0.25) is 0 Å². The lowest BCUT2D eigenvalue weighted by atomic mass is 9.92. The quantitative estimate of drug-likeness (QED) is 0.105. The van der Waals surface area contributed by atoms with Crippen LogP contribution in [0.25, 0.3) is 0 Å². The van der Waals surface area contributed by atoms with Crippen molar-refractivity contribution in [2.45, 2.75) is 19.6 Å². The normalized spacial score (nSPS) is 15.1. The molecule has 1 unspecified atom stereocenters. The maximum absolute atomic E-state index is 14.3. The molecule has 0 fully saturated rings. The van der Waals surface area contributed by atoms with Crippen LogP contribution in [0.5, 0.6) is 5.75 Å². The first-order valence-corrected chi connectivity index (χ1v) is 13.5. The fourth-order valence-electron chi connectivity index (χ4n) is 4.91. The summed E-state index contributed by atoms with van der Waals surface area (Å²) < 4.78 is 16.7. The minimum Gasteiger partial charge on any atom is -0.497 e. The van der Waals surface area contributed by atoms with Gasteiger partial charge >= 0.3 is 5.97 Å². The molecule has 1 amide bonds. The molecule has 212 valence electrons. The Morgan fingerprint density at radius 2 is 1.48 bits per heavy atom. The van der Waals surface area contributed by atoms with Gasteiger partial charge in [-0.25, -0.2) is 4.79 Å². The molecule has 0 saturated carbocycles. The maximum atomic E-state index is 14.3. The Morgan fingerprint density at radius 1 is 0.857 bits per heavy atom. The second-order valence-corrected chi connectivity index (χ2v) is 9.45. The first-order valence-electron chi connectivity index (χ1n) is 13.5. The van der Waals surface area contributed by atoms with Gasteiger partial charge in [-0.05, 0) is 66.6 Å². The number of carbonyl (C=O) groups is 2. The zero-order chi connectivity index (χ0) is 29.5. The molecule has 1 aliphatic rings. The van der Waals surface area contributed by atoms with E-state index in [-0.39, 0.29) is 24.7 Å². The lowest BCUT2D eigenvalue weighted by Gasteiger charge is -2.27. The minimum atomic E-state index is -0.703. The molecule has 1 atom stereocenters.